The molecule has 1 saturated heterocycles. The molecular weight excluding hydrogens is 238 g/mol. The van der Waals surface area contributed by atoms with Crippen molar-refractivity contribution in [3.05, 3.63) is 33.9 Å². The Morgan fingerprint density at radius 3 is 2.89 bits per heavy atom. The molecule has 0 unspecified atom stereocenters. The van der Waals surface area contributed by atoms with E-state index in [1.54, 1.807) is 19.2 Å². The first kappa shape index (κ1) is 12.2. The minimum atomic E-state index is -0.447. The largest absolute Gasteiger partial charge is 0.448 e. The summed E-state index contributed by atoms with van der Waals surface area (Å²) in [5.41, 5.74) is 1.13. The maximum atomic E-state index is 11.3. The number of benzene rings is 1. The van der Waals surface area contributed by atoms with E-state index >= 15 is 0 Å². The van der Waals surface area contributed by atoms with E-state index in [0.717, 1.165) is 0 Å². The van der Waals surface area contributed by atoms with Gasteiger partial charge in [0.25, 0.3) is 5.69 Å². The fraction of sp³-hybridized carbons (Fsp3) is 0.364. The third-order valence-electron chi connectivity index (χ3n) is 2.78. The summed E-state index contributed by atoms with van der Waals surface area (Å²) in [7, 11) is 1.62. The molecule has 0 saturated carbocycles. The lowest BCUT2D eigenvalue weighted by molar-refractivity contribution is -0.384. The highest BCUT2D eigenvalue weighted by atomic mass is 16.6. The summed E-state index contributed by atoms with van der Waals surface area (Å²) < 4.78 is 4.82. The Kier molecular flexibility index (Phi) is 3.31. The molecule has 1 amide bonds. The first-order valence-electron chi connectivity index (χ1n) is 5.49. The zero-order chi connectivity index (χ0) is 13.1. The van der Waals surface area contributed by atoms with Crippen LogP contribution in [-0.2, 0) is 11.3 Å². The minimum Gasteiger partial charge on any atom is -0.448 e. The molecule has 18 heavy (non-hydrogen) atoms. The number of nitrogens with one attached hydrogen (secondary N) is 1. The summed E-state index contributed by atoms with van der Waals surface area (Å²) in [6.45, 7) is 1.17. The summed E-state index contributed by atoms with van der Waals surface area (Å²) >= 11 is 0. The van der Waals surface area contributed by atoms with Crippen molar-refractivity contribution in [2.24, 2.45) is 0 Å². The number of nitro benzene ring substituents is 1. The van der Waals surface area contributed by atoms with Crippen LogP contribution in [0.1, 0.15) is 5.56 Å². The number of cyclic esters (lactones) is 1. The summed E-state index contributed by atoms with van der Waals surface area (Å²) in [5, 5.41) is 13.7. The molecule has 1 heterocycles. The number of anilines is 1. The van der Waals surface area contributed by atoms with E-state index in [1.807, 2.05) is 0 Å². The highest BCUT2D eigenvalue weighted by Crippen LogP contribution is 2.29. The highest BCUT2D eigenvalue weighted by molar-refractivity contribution is 5.71. The monoisotopic (exact) mass is 251 g/mol. The van der Waals surface area contributed by atoms with Crippen molar-refractivity contribution >= 4 is 17.5 Å². The third kappa shape index (κ3) is 2.20. The van der Waals surface area contributed by atoms with Crippen molar-refractivity contribution in [3.8, 4) is 0 Å². The lowest BCUT2D eigenvalue weighted by Gasteiger charge is -2.15. The van der Waals surface area contributed by atoms with Gasteiger partial charge in [0.1, 0.15) is 12.3 Å². The van der Waals surface area contributed by atoms with Gasteiger partial charge in [-0.1, -0.05) is 12.1 Å². The number of rotatable bonds is 4. The third-order valence-corrected chi connectivity index (χ3v) is 2.78. The number of hydrogen-bond donors (Lipinski definition) is 1. The molecule has 1 N–H and O–H groups in total. The Hall–Kier alpha value is -2.31. The molecule has 0 aromatic heterocycles. The minimum absolute atomic E-state index is 0.00237. The Bertz CT molecular complexity index is 489. The SMILES string of the molecule is CNc1c(CN2CCOC2=O)cccc1[N+](=O)[O-]. The molecule has 7 nitrogen and oxygen atoms in total. The van der Waals surface area contributed by atoms with Crippen LogP contribution in [0.25, 0.3) is 0 Å². The predicted octanol–water partition coefficient (Wildman–Crippen LogP) is 1.59. The lowest BCUT2D eigenvalue weighted by Crippen LogP contribution is -2.24. The average Bonchev–Trinajstić information content (AvgIpc) is 2.74. The van der Waals surface area contributed by atoms with Crippen LogP contribution in [-0.4, -0.2) is 36.1 Å². The van der Waals surface area contributed by atoms with Crippen LogP contribution in [0, 0.1) is 10.1 Å². The number of ether oxygens (including phenoxy) is 1. The van der Waals surface area contributed by atoms with Gasteiger partial charge in [-0.3, -0.25) is 10.1 Å². The van der Waals surface area contributed by atoms with E-state index in [2.05, 4.69) is 5.32 Å². The molecule has 1 aliphatic heterocycles. The smallest absolute Gasteiger partial charge is 0.410 e. The first-order chi connectivity index (χ1) is 8.63. The summed E-state index contributed by atoms with van der Waals surface area (Å²) in [6.07, 6.45) is -0.386. The van der Waals surface area contributed by atoms with E-state index < -0.39 is 4.92 Å². The van der Waals surface area contributed by atoms with E-state index in [0.29, 0.717) is 30.9 Å². The topological polar surface area (TPSA) is 84.7 Å². The van der Waals surface area contributed by atoms with Gasteiger partial charge in [0.15, 0.2) is 0 Å². The van der Waals surface area contributed by atoms with E-state index in [1.165, 1.54) is 11.0 Å². The van der Waals surface area contributed by atoms with Gasteiger partial charge in [0.05, 0.1) is 18.0 Å². The second-order valence-corrected chi connectivity index (χ2v) is 3.85. The molecular formula is C11H13N3O4. The molecule has 1 aromatic rings. The molecule has 0 atom stereocenters. The van der Waals surface area contributed by atoms with Crippen LogP contribution >= 0.6 is 0 Å². The second kappa shape index (κ2) is 4.91. The maximum Gasteiger partial charge on any atom is 0.410 e. The Balaban J connectivity index is 2.29. The number of nitro groups is 1. The standard InChI is InChI=1S/C11H13N3O4/c1-12-10-8(3-2-4-9(10)14(16)17)7-13-5-6-18-11(13)15/h2-4,12H,5-7H2,1H3. The number of amides is 1. The van der Waals surface area contributed by atoms with E-state index in [-0.39, 0.29) is 11.8 Å². The van der Waals surface area contributed by atoms with Gasteiger partial charge >= 0.3 is 6.09 Å². The van der Waals surface area contributed by atoms with E-state index in [4.69, 9.17) is 4.74 Å². The molecule has 7 heteroatoms. The van der Waals surface area contributed by atoms with Gasteiger partial charge in [0, 0.05) is 18.7 Å². The molecule has 1 fully saturated rings. The van der Waals surface area contributed by atoms with Crippen LogP contribution in [0.2, 0.25) is 0 Å². The van der Waals surface area contributed by atoms with Gasteiger partial charge < -0.3 is 15.0 Å². The molecule has 0 radical (unpaired) electrons. The van der Waals surface area contributed by atoms with Gasteiger partial charge in [-0.05, 0) is 0 Å². The van der Waals surface area contributed by atoms with Gasteiger partial charge in [-0.2, -0.15) is 0 Å². The number of nitrogens with zero attached hydrogens (tertiary/aromatic N) is 2. The van der Waals surface area contributed by atoms with Crippen LogP contribution in [0.15, 0.2) is 18.2 Å². The van der Waals surface area contributed by atoms with Gasteiger partial charge in [-0.25, -0.2) is 4.79 Å². The van der Waals surface area contributed by atoms with Crippen LogP contribution in [0.3, 0.4) is 0 Å². The number of para-hydroxylation sites is 1. The Labute approximate surface area is 103 Å². The Morgan fingerprint density at radius 2 is 2.33 bits per heavy atom. The predicted molar refractivity (Wildman–Crippen MR) is 64.4 cm³/mol. The quantitative estimate of drug-likeness (QED) is 0.648. The number of carbonyl (C=O) groups excluding carboxylic acids is 1. The highest BCUT2D eigenvalue weighted by Gasteiger charge is 2.24. The fourth-order valence-corrected chi connectivity index (χ4v) is 1.93. The summed E-state index contributed by atoms with van der Waals surface area (Å²) in [4.78, 5) is 23.3. The van der Waals surface area contributed by atoms with Crippen LogP contribution in [0.5, 0.6) is 0 Å². The zero-order valence-electron chi connectivity index (χ0n) is 9.88. The fourth-order valence-electron chi connectivity index (χ4n) is 1.93. The van der Waals surface area contributed by atoms with Crippen molar-refractivity contribution < 1.29 is 14.5 Å². The molecule has 1 aliphatic rings. The normalized spacial score (nSPS) is 14.5. The molecule has 1 aromatic carbocycles. The number of hydrogen-bond acceptors (Lipinski definition) is 5. The summed E-state index contributed by atoms with van der Waals surface area (Å²) in [5.74, 6) is 0. The maximum absolute atomic E-state index is 11.3. The van der Waals surface area contributed by atoms with Crippen molar-refractivity contribution in [1.29, 1.82) is 0 Å². The average molecular weight is 251 g/mol. The number of carbonyl (C=O) groups is 1. The molecule has 96 valence electrons. The molecule has 0 aliphatic carbocycles. The molecule has 0 bridgehead atoms. The first-order valence-corrected chi connectivity index (χ1v) is 5.49. The van der Waals surface area contributed by atoms with Crippen LogP contribution < -0.4 is 5.32 Å². The van der Waals surface area contributed by atoms with Gasteiger partial charge in [0.2, 0.25) is 0 Å². The Morgan fingerprint density at radius 1 is 1.56 bits per heavy atom. The van der Waals surface area contributed by atoms with Crippen molar-refractivity contribution in [1.82, 2.24) is 4.90 Å². The molecule has 0 spiro atoms. The van der Waals surface area contributed by atoms with E-state index in [9.17, 15) is 14.9 Å². The zero-order valence-corrected chi connectivity index (χ0v) is 9.88. The van der Waals surface area contributed by atoms with Crippen molar-refractivity contribution in [3.63, 3.8) is 0 Å². The van der Waals surface area contributed by atoms with Gasteiger partial charge in [-0.15, -0.1) is 0 Å². The van der Waals surface area contributed by atoms with Crippen LogP contribution in [0.4, 0.5) is 16.2 Å². The summed E-state index contributed by atoms with van der Waals surface area (Å²) in [6, 6.07) is 4.79. The molecule has 2 rings (SSSR count). The second-order valence-electron chi connectivity index (χ2n) is 3.85. The van der Waals surface area contributed by atoms with Crippen molar-refractivity contribution in [2.75, 3.05) is 25.5 Å². The van der Waals surface area contributed by atoms with Crippen molar-refractivity contribution in [2.45, 2.75) is 6.54 Å². The lowest BCUT2D eigenvalue weighted by atomic mass is 10.1.